The highest BCUT2D eigenvalue weighted by atomic mass is 16.3. The molecule has 0 radical (unpaired) electrons. The molecule has 0 bridgehead atoms. The Bertz CT molecular complexity index is 203. The second-order valence-corrected chi connectivity index (χ2v) is 3.87. The molecule has 0 unspecified atom stereocenters. The van der Waals surface area contributed by atoms with Crippen molar-refractivity contribution in [2.45, 2.75) is 25.9 Å². The third kappa shape index (κ3) is 3.35. The molecular formula is C10H21N3O2. The molecule has 0 aromatic heterocycles. The number of nitrogens with zero attached hydrogens (tertiary/aromatic N) is 2. The molecule has 88 valence electrons. The fraction of sp³-hybridized carbons (Fsp3) is 0.900. The van der Waals surface area contributed by atoms with Crippen molar-refractivity contribution in [3.05, 3.63) is 0 Å². The summed E-state index contributed by atoms with van der Waals surface area (Å²) in [4.78, 5) is 15.5. The lowest BCUT2D eigenvalue weighted by atomic mass is 10.1. The lowest BCUT2D eigenvalue weighted by molar-refractivity contribution is 0.0822. The van der Waals surface area contributed by atoms with Crippen molar-refractivity contribution in [3.8, 4) is 0 Å². The summed E-state index contributed by atoms with van der Waals surface area (Å²) in [5.74, 6) is 0. The fourth-order valence-corrected chi connectivity index (χ4v) is 1.80. The number of piperidine rings is 1. The van der Waals surface area contributed by atoms with Crippen molar-refractivity contribution >= 4 is 6.03 Å². The van der Waals surface area contributed by atoms with Gasteiger partial charge in [0.2, 0.25) is 0 Å². The van der Waals surface area contributed by atoms with Gasteiger partial charge in [0.1, 0.15) is 0 Å². The molecule has 0 spiro atoms. The number of carbonyl (C=O) groups excluding carboxylic acids is 1. The minimum atomic E-state index is -0.237. The Labute approximate surface area is 90.8 Å². The molecule has 0 aromatic carbocycles. The molecule has 1 rings (SSSR count). The Kier molecular flexibility index (Phi) is 4.84. The predicted octanol–water partition coefficient (Wildman–Crippen LogP) is -0.156. The van der Waals surface area contributed by atoms with Crippen LogP contribution in [0.1, 0.15) is 19.8 Å². The molecule has 0 aromatic rings. The zero-order valence-corrected chi connectivity index (χ0v) is 9.35. The van der Waals surface area contributed by atoms with E-state index in [-0.39, 0.29) is 12.1 Å². The third-order valence-electron chi connectivity index (χ3n) is 2.79. The number of amides is 2. The summed E-state index contributed by atoms with van der Waals surface area (Å²) < 4.78 is 0. The van der Waals surface area contributed by atoms with Crippen LogP contribution in [0.5, 0.6) is 0 Å². The lowest BCUT2D eigenvalue weighted by Crippen LogP contribution is -2.48. The molecule has 0 atom stereocenters. The standard InChI is InChI=1S/C10H21N3O2/c1-2-12(8-5-11)10(15)13-6-3-9(14)4-7-13/h9,14H,2-8,11H2,1H3. The van der Waals surface area contributed by atoms with Crippen LogP contribution in [-0.2, 0) is 0 Å². The number of carbonyl (C=O) groups is 1. The molecule has 1 saturated heterocycles. The van der Waals surface area contributed by atoms with Gasteiger partial charge in [-0.05, 0) is 19.8 Å². The average molecular weight is 215 g/mol. The molecular weight excluding hydrogens is 194 g/mol. The van der Waals surface area contributed by atoms with Gasteiger partial charge in [0.05, 0.1) is 6.10 Å². The van der Waals surface area contributed by atoms with Gasteiger partial charge < -0.3 is 20.6 Å². The zero-order chi connectivity index (χ0) is 11.3. The van der Waals surface area contributed by atoms with E-state index in [0.717, 1.165) is 0 Å². The normalized spacial score (nSPS) is 17.9. The molecule has 2 amide bonds. The van der Waals surface area contributed by atoms with E-state index >= 15 is 0 Å². The van der Waals surface area contributed by atoms with Gasteiger partial charge >= 0.3 is 6.03 Å². The van der Waals surface area contributed by atoms with Gasteiger partial charge in [-0.2, -0.15) is 0 Å². The summed E-state index contributed by atoms with van der Waals surface area (Å²) in [6.45, 7) is 5.05. The van der Waals surface area contributed by atoms with Crippen molar-refractivity contribution in [1.82, 2.24) is 9.80 Å². The summed E-state index contributed by atoms with van der Waals surface area (Å²) in [5.41, 5.74) is 5.44. The molecule has 0 aliphatic carbocycles. The van der Waals surface area contributed by atoms with Crippen molar-refractivity contribution < 1.29 is 9.90 Å². The van der Waals surface area contributed by atoms with E-state index in [4.69, 9.17) is 5.73 Å². The van der Waals surface area contributed by atoms with Gasteiger partial charge in [0, 0.05) is 32.7 Å². The lowest BCUT2D eigenvalue weighted by Gasteiger charge is -2.33. The van der Waals surface area contributed by atoms with Crippen molar-refractivity contribution in [1.29, 1.82) is 0 Å². The molecule has 1 aliphatic rings. The van der Waals surface area contributed by atoms with Gasteiger partial charge in [-0.1, -0.05) is 0 Å². The minimum Gasteiger partial charge on any atom is -0.393 e. The van der Waals surface area contributed by atoms with Gasteiger partial charge in [-0.25, -0.2) is 4.79 Å². The van der Waals surface area contributed by atoms with Crippen LogP contribution in [0.3, 0.4) is 0 Å². The summed E-state index contributed by atoms with van der Waals surface area (Å²) >= 11 is 0. The van der Waals surface area contributed by atoms with Crippen LogP contribution in [0.25, 0.3) is 0 Å². The van der Waals surface area contributed by atoms with Crippen molar-refractivity contribution in [2.75, 3.05) is 32.7 Å². The highest BCUT2D eigenvalue weighted by Gasteiger charge is 2.24. The zero-order valence-electron chi connectivity index (χ0n) is 9.35. The van der Waals surface area contributed by atoms with Crippen LogP contribution in [-0.4, -0.2) is 59.8 Å². The van der Waals surface area contributed by atoms with E-state index in [1.54, 1.807) is 9.80 Å². The number of rotatable bonds is 3. The van der Waals surface area contributed by atoms with Crippen LogP contribution in [0.4, 0.5) is 4.79 Å². The van der Waals surface area contributed by atoms with E-state index in [9.17, 15) is 9.90 Å². The van der Waals surface area contributed by atoms with E-state index in [2.05, 4.69) is 0 Å². The summed E-state index contributed by atoms with van der Waals surface area (Å²) in [7, 11) is 0. The summed E-state index contributed by atoms with van der Waals surface area (Å²) in [6, 6.07) is 0.0508. The van der Waals surface area contributed by atoms with E-state index in [1.165, 1.54) is 0 Å². The Morgan fingerprint density at radius 1 is 1.53 bits per heavy atom. The summed E-state index contributed by atoms with van der Waals surface area (Å²) in [5, 5.41) is 9.34. The van der Waals surface area contributed by atoms with E-state index < -0.39 is 0 Å². The number of hydrogen-bond acceptors (Lipinski definition) is 3. The number of likely N-dealkylation sites (N-methyl/N-ethyl adjacent to an activating group) is 1. The number of nitrogens with two attached hydrogens (primary N) is 1. The third-order valence-corrected chi connectivity index (χ3v) is 2.79. The van der Waals surface area contributed by atoms with Crippen LogP contribution >= 0.6 is 0 Å². The first-order valence-electron chi connectivity index (χ1n) is 5.61. The molecule has 1 aliphatic heterocycles. The first-order chi connectivity index (χ1) is 7.19. The van der Waals surface area contributed by atoms with Crippen LogP contribution in [0.2, 0.25) is 0 Å². The predicted molar refractivity (Wildman–Crippen MR) is 58.5 cm³/mol. The highest BCUT2D eigenvalue weighted by molar-refractivity contribution is 5.74. The van der Waals surface area contributed by atoms with Gasteiger partial charge in [0.25, 0.3) is 0 Å². The Morgan fingerprint density at radius 2 is 2.13 bits per heavy atom. The number of aliphatic hydroxyl groups excluding tert-OH is 1. The maximum absolute atomic E-state index is 11.9. The first kappa shape index (κ1) is 12.3. The maximum Gasteiger partial charge on any atom is 0.320 e. The fourth-order valence-electron chi connectivity index (χ4n) is 1.80. The molecule has 1 fully saturated rings. The Morgan fingerprint density at radius 3 is 2.60 bits per heavy atom. The van der Waals surface area contributed by atoms with Crippen molar-refractivity contribution in [3.63, 3.8) is 0 Å². The van der Waals surface area contributed by atoms with Crippen LogP contribution in [0.15, 0.2) is 0 Å². The van der Waals surface area contributed by atoms with Gasteiger partial charge in [0.15, 0.2) is 0 Å². The Hall–Kier alpha value is -0.810. The van der Waals surface area contributed by atoms with Crippen molar-refractivity contribution in [2.24, 2.45) is 5.73 Å². The number of aliphatic hydroxyl groups is 1. The molecule has 1 heterocycles. The largest absolute Gasteiger partial charge is 0.393 e. The summed E-state index contributed by atoms with van der Waals surface area (Å²) in [6.07, 6.45) is 1.14. The van der Waals surface area contributed by atoms with Crippen LogP contribution < -0.4 is 5.73 Å². The highest BCUT2D eigenvalue weighted by Crippen LogP contribution is 2.11. The molecule has 0 saturated carbocycles. The number of hydrogen-bond donors (Lipinski definition) is 2. The maximum atomic E-state index is 11.9. The molecule has 15 heavy (non-hydrogen) atoms. The smallest absolute Gasteiger partial charge is 0.320 e. The first-order valence-corrected chi connectivity index (χ1v) is 5.61. The minimum absolute atomic E-state index is 0.0508. The molecule has 5 nitrogen and oxygen atoms in total. The topological polar surface area (TPSA) is 69.8 Å². The van der Waals surface area contributed by atoms with Crippen LogP contribution in [0, 0.1) is 0 Å². The average Bonchev–Trinajstić information content (AvgIpc) is 2.26. The van der Waals surface area contributed by atoms with E-state index in [1.807, 2.05) is 6.92 Å². The van der Waals surface area contributed by atoms with Gasteiger partial charge in [-0.3, -0.25) is 0 Å². The second-order valence-electron chi connectivity index (χ2n) is 3.87. The monoisotopic (exact) mass is 215 g/mol. The van der Waals surface area contributed by atoms with Gasteiger partial charge in [-0.15, -0.1) is 0 Å². The second kappa shape index (κ2) is 5.92. The number of likely N-dealkylation sites (tertiary alicyclic amines) is 1. The molecule has 5 heteroatoms. The Balaban J connectivity index is 2.44. The number of urea groups is 1. The molecule has 3 N–H and O–H groups in total. The van der Waals surface area contributed by atoms with E-state index in [0.29, 0.717) is 45.6 Å². The SMILES string of the molecule is CCN(CCN)C(=O)N1CCC(O)CC1. The quantitative estimate of drug-likeness (QED) is 0.687.